The Morgan fingerprint density at radius 1 is 1.47 bits per heavy atom. The first kappa shape index (κ1) is 12.1. The molecule has 1 fully saturated rings. The van der Waals surface area contributed by atoms with Crippen molar-refractivity contribution in [1.29, 1.82) is 0 Å². The molecule has 2 N–H and O–H groups in total. The van der Waals surface area contributed by atoms with E-state index >= 15 is 0 Å². The largest absolute Gasteiger partial charge is 0.344 e. The van der Waals surface area contributed by atoms with Crippen LogP contribution < -0.4 is 5.32 Å². The Balaban J connectivity index is 2.03. The topological polar surface area (TPSA) is 70.7 Å². The van der Waals surface area contributed by atoms with Crippen molar-refractivity contribution in [3.63, 3.8) is 0 Å². The SMILES string of the molecule is CC(C)c1nc(C(=O)NC(C)(C)C2CC2)n[nH]1. The minimum Gasteiger partial charge on any atom is -0.344 e. The zero-order chi connectivity index (χ0) is 12.6. The number of hydrogen-bond donors (Lipinski definition) is 2. The highest BCUT2D eigenvalue weighted by molar-refractivity contribution is 5.90. The van der Waals surface area contributed by atoms with Crippen molar-refractivity contribution < 1.29 is 4.79 Å². The van der Waals surface area contributed by atoms with Gasteiger partial charge in [-0.05, 0) is 32.6 Å². The van der Waals surface area contributed by atoms with E-state index in [9.17, 15) is 4.79 Å². The molecule has 1 amide bonds. The number of H-pyrrole nitrogens is 1. The fraction of sp³-hybridized carbons (Fsp3) is 0.750. The maximum absolute atomic E-state index is 12.0. The number of amides is 1. The highest BCUT2D eigenvalue weighted by Gasteiger charge is 2.39. The first-order valence-electron chi connectivity index (χ1n) is 6.15. The van der Waals surface area contributed by atoms with Gasteiger partial charge in [0.25, 0.3) is 5.91 Å². The third-order valence-corrected chi connectivity index (χ3v) is 3.29. The van der Waals surface area contributed by atoms with Crippen molar-refractivity contribution in [3.05, 3.63) is 11.6 Å². The minimum absolute atomic E-state index is 0.157. The number of hydrogen-bond acceptors (Lipinski definition) is 3. The number of carbonyl (C=O) groups excluding carboxylic acids is 1. The summed E-state index contributed by atoms with van der Waals surface area (Å²) in [4.78, 5) is 16.2. The summed E-state index contributed by atoms with van der Waals surface area (Å²) in [5, 5.41) is 9.75. The molecule has 2 rings (SSSR count). The van der Waals surface area contributed by atoms with Crippen LogP contribution in [0.3, 0.4) is 0 Å². The molecule has 0 atom stereocenters. The van der Waals surface area contributed by atoms with Gasteiger partial charge in [0.05, 0.1) is 0 Å². The standard InChI is InChI=1S/C12H20N4O/c1-7(2)9-13-10(16-15-9)11(17)14-12(3,4)8-5-6-8/h7-8H,5-6H2,1-4H3,(H,14,17)(H,13,15,16). The van der Waals surface area contributed by atoms with Gasteiger partial charge in [-0.2, -0.15) is 0 Å². The summed E-state index contributed by atoms with van der Waals surface area (Å²) in [7, 11) is 0. The van der Waals surface area contributed by atoms with Gasteiger partial charge in [0.15, 0.2) is 0 Å². The average Bonchev–Trinajstić information content (AvgIpc) is 2.95. The summed E-state index contributed by atoms with van der Waals surface area (Å²) < 4.78 is 0. The molecule has 1 aromatic heterocycles. The van der Waals surface area contributed by atoms with Crippen molar-refractivity contribution in [2.24, 2.45) is 5.92 Å². The van der Waals surface area contributed by atoms with Crippen LogP contribution in [-0.2, 0) is 0 Å². The van der Waals surface area contributed by atoms with E-state index in [2.05, 4.69) is 34.3 Å². The highest BCUT2D eigenvalue weighted by atomic mass is 16.2. The fourth-order valence-electron chi connectivity index (χ4n) is 1.89. The van der Waals surface area contributed by atoms with Gasteiger partial charge < -0.3 is 5.32 Å². The predicted octanol–water partition coefficient (Wildman–Crippen LogP) is 1.85. The van der Waals surface area contributed by atoms with Crippen LogP contribution in [0.15, 0.2) is 0 Å². The summed E-state index contributed by atoms with van der Waals surface area (Å²) in [5.41, 5.74) is -0.157. The minimum atomic E-state index is -0.190. The van der Waals surface area contributed by atoms with E-state index in [1.165, 1.54) is 12.8 Å². The molecule has 1 aliphatic carbocycles. The van der Waals surface area contributed by atoms with Gasteiger partial charge >= 0.3 is 0 Å². The lowest BCUT2D eigenvalue weighted by Gasteiger charge is -2.25. The van der Waals surface area contributed by atoms with Gasteiger partial charge in [0, 0.05) is 11.5 Å². The summed E-state index contributed by atoms with van der Waals surface area (Å²) >= 11 is 0. The molecule has 1 saturated carbocycles. The summed E-state index contributed by atoms with van der Waals surface area (Å²) in [6.45, 7) is 8.13. The molecule has 1 heterocycles. The first-order valence-corrected chi connectivity index (χ1v) is 6.15. The van der Waals surface area contributed by atoms with E-state index in [0.717, 1.165) is 5.82 Å². The van der Waals surface area contributed by atoms with Crippen molar-refractivity contribution in [2.45, 2.75) is 52.0 Å². The van der Waals surface area contributed by atoms with E-state index in [1.807, 2.05) is 13.8 Å². The average molecular weight is 236 g/mol. The molecule has 1 aromatic rings. The van der Waals surface area contributed by atoms with Crippen molar-refractivity contribution in [2.75, 3.05) is 0 Å². The Bertz CT molecular complexity index is 418. The maximum Gasteiger partial charge on any atom is 0.291 e. The lowest BCUT2D eigenvalue weighted by Crippen LogP contribution is -2.45. The predicted molar refractivity (Wildman–Crippen MR) is 64.7 cm³/mol. The van der Waals surface area contributed by atoms with Crippen LogP contribution in [0.5, 0.6) is 0 Å². The van der Waals surface area contributed by atoms with Crippen molar-refractivity contribution in [1.82, 2.24) is 20.5 Å². The van der Waals surface area contributed by atoms with Gasteiger partial charge in [-0.25, -0.2) is 4.98 Å². The molecule has 17 heavy (non-hydrogen) atoms. The highest BCUT2D eigenvalue weighted by Crippen LogP contribution is 2.39. The third-order valence-electron chi connectivity index (χ3n) is 3.29. The molecule has 5 heteroatoms. The smallest absolute Gasteiger partial charge is 0.291 e. The van der Waals surface area contributed by atoms with Crippen molar-refractivity contribution >= 4 is 5.91 Å². The second kappa shape index (κ2) is 4.13. The van der Waals surface area contributed by atoms with E-state index < -0.39 is 0 Å². The molecule has 0 spiro atoms. The lowest BCUT2D eigenvalue weighted by atomic mass is 9.99. The zero-order valence-corrected chi connectivity index (χ0v) is 10.9. The number of rotatable bonds is 4. The molecular weight excluding hydrogens is 216 g/mol. The molecule has 0 radical (unpaired) electrons. The van der Waals surface area contributed by atoms with Crippen LogP contribution in [0.25, 0.3) is 0 Å². The molecule has 94 valence electrons. The van der Waals surface area contributed by atoms with Crippen molar-refractivity contribution in [3.8, 4) is 0 Å². The van der Waals surface area contributed by atoms with Crippen LogP contribution >= 0.6 is 0 Å². The van der Waals surface area contributed by atoms with Crippen LogP contribution in [0.1, 0.15) is 62.9 Å². The second-order valence-electron chi connectivity index (χ2n) is 5.65. The Labute approximate surface area is 101 Å². The number of nitrogens with one attached hydrogen (secondary N) is 2. The van der Waals surface area contributed by atoms with Gasteiger partial charge in [-0.15, -0.1) is 5.10 Å². The molecule has 5 nitrogen and oxygen atoms in total. The molecular formula is C12H20N4O. The monoisotopic (exact) mass is 236 g/mol. The van der Waals surface area contributed by atoms with Gasteiger partial charge in [0.1, 0.15) is 5.82 Å². The van der Waals surface area contributed by atoms with E-state index in [0.29, 0.717) is 5.92 Å². The third kappa shape index (κ3) is 2.65. The van der Waals surface area contributed by atoms with Crippen LogP contribution in [0.4, 0.5) is 0 Å². The lowest BCUT2D eigenvalue weighted by molar-refractivity contribution is 0.0893. The molecule has 1 aliphatic rings. The van der Waals surface area contributed by atoms with Crippen LogP contribution in [0, 0.1) is 5.92 Å². The second-order valence-corrected chi connectivity index (χ2v) is 5.65. The molecule has 0 aromatic carbocycles. The van der Waals surface area contributed by atoms with E-state index in [-0.39, 0.29) is 23.2 Å². The Hall–Kier alpha value is -1.39. The van der Waals surface area contributed by atoms with E-state index in [1.54, 1.807) is 0 Å². The Kier molecular flexibility index (Phi) is 2.93. The molecule has 0 saturated heterocycles. The summed E-state index contributed by atoms with van der Waals surface area (Å²) in [6, 6.07) is 0. The number of carbonyl (C=O) groups is 1. The summed E-state index contributed by atoms with van der Waals surface area (Å²) in [6.07, 6.45) is 2.39. The van der Waals surface area contributed by atoms with Gasteiger partial charge in [-0.1, -0.05) is 13.8 Å². The summed E-state index contributed by atoms with van der Waals surface area (Å²) in [5.74, 6) is 1.64. The normalized spacial score (nSPS) is 16.3. The Morgan fingerprint density at radius 3 is 2.59 bits per heavy atom. The van der Waals surface area contributed by atoms with Gasteiger partial charge in [0.2, 0.25) is 5.82 Å². The quantitative estimate of drug-likeness (QED) is 0.838. The first-order chi connectivity index (χ1) is 7.90. The fourth-order valence-corrected chi connectivity index (χ4v) is 1.89. The molecule has 0 aliphatic heterocycles. The van der Waals surface area contributed by atoms with Crippen LogP contribution in [0.2, 0.25) is 0 Å². The Morgan fingerprint density at radius 2 is 2.12 bits per heavy atom. The molecule has 0 unspecified atom stereocenters. The van der Waals surface area contributed by atoms with Gasteiger partial charge in [-0.3, -0.25) is 9.89 Å². The number of aromatic nitrogens is 3. The number of aromatic amines is 1. The number of nitrogens with zero attached hydrogens (tertiary/aromatic N) is 2. The zero-order valence-electron chi connectivity index (χ0n) is 10.9. The van der Waals surface area contributed by atoms with E-state index in [4.69, 9.17) is 0 Å². The molecule has 0 bridgehead atoms. The maximum atomic E-state index is 12.0. The van der Waals surface area contributed by atoms with Crippen LogP contribution in [-0.4, -0.2) is 26.6 Å².